The van der Waals surface area contributed by atoms with E-state index in [4.69, 9.17) is 5.11 Å². The van der Waals surface area contributed by atoms with Crippen LogP contribution in [0.25, 0.3) is 0 Å². The number of aliphatic hydroxyl groups is 1. The maximum Gasteiger partial charge on any atom is 0.247 e. The lowest BCUT2D eigenvalue weighted by molar-refractivity contribution is 0.293. The SMILES string of the molecule is CCNCCO.O=c1cccc[nH]1. The standard InChI is InChI=1S/C5H5NO.C4H11NO/c7-5-3-1-2-4-6-5;1-2-5-3-4-6/h1-4H,(H,6,7);5-6H,2-4H2,1H3. The van der Waals surface area contributed by atoms with E-state index in [-0.39, 0.29) is 12.2 Å². The Morgan fingerprint density at radius 3 is 2.54 bits per heavy atom. The van der Waals surface area contributed by atoms with Crippen molar-refractivity contribution in [3.05, 3.63) is 34.7 Å². The summed E-state index contributed by atoms with van der Waals surface area (Å²) in [6.45, 7) is 3.92. The third kappa shape index (κ3) is 8.78. The molecule has 0 spiro atoms. The second-order valence-electron chi connectivity index (χ2n) is 2.30. The molecule has 0 saturated heterocycles. The Morgan fingerprint density at radius 2 is 2.31 bits per heavy atom. The highest BCUT2D eigenvalue weighted by molar-refractivity contribution is 4.89. The van der Waals surface area contributed by atoms with Gasteiger partial charge in [0.1, 0.15) is 0 Å². The monoisotopic (exact) mass is 184 g/mol. The maximum absolute atomic E-state index is 10.2. The van der Waals surface area contributed by atoms with Crippen LogP contribution in [-0.2, 0) is 0 Å². The Morgan fingerprint density at radius 1 is 1.54 bits per heavy atom. The van der Waals surface area contributed by atoms with Gasteiger partial charge in [-0.1, -0.05) is 13.0 Å². The molecule has 0 aromatic carbocycles. The number of nitrogens with one attached hydrogen (secondary N) is 2. The number of likely N-dealkylation sites (N-methyl/N-ethyl adjacent to an activating group) is 1. The van der Waals surface area contributed by atoms with Crippen LogP contribution < -0.4 is 10.9 Å². The summed E-state index contributed by atoms with van der Waals surface area (Å²) in [6, 6.07) is 4.93. The summed E-state index contributed by atoms with van der Waals surface area (Å²) < 4.78 is 0. The number of H-pyrrole nitrogens is 1. The summed E-state index contributed by atoms with van der Waals surface area (Å²) >= 11 is 0. The van der Waals surface area contributed by atoms with Gasteiger partial charge in [0.15, 0.2) is 0 Å². The van der Waals surface area contributed by atoms with E-state index < -0.39 is 0 Å². The molecule has 13 heavy (non-hydrogen) atoms. The molecule has 0 aliphatic carbocycles. The molecular weight excluding hydrogens is 168 g/mol. The van der Waals surface area contributed by atoms with Gasteiger partial charge in [0.2, 0.25) is 5.56 Å². The van der Waals surface area contributed by atoms with Gasteiger partial charge in [-0.3, -0.25) is 4.79 Å². The molecule has 1 rings (SSSR count). The third-order valence-corrected chi connectivity index (χ3v) is 1.22. The Kier molecular flexibility index (Phi) is 8.18. The molecule has 0 aliphatic heterocycles. The summed E-state index contributed by atoms with van der Waals surface area (Å²) in [5.41, 5.74) is -0.0532. The highest BCUT2D eigenvalue weighted by atomic mass is 16.3. The van der Waals surface area contributed by atoms with E-state index in [1.807, 2.05) is 6.92 Å². The van der Waals surface area contributed by atoms with E-state index in [0.29, 0.717) is 0 Å². The van der Waals surface area contributed by atoms with Gasteiger partial charge in [-0.15, -0.1) is 0 Å². The van der Waals surface area contributed by atoms with Gasteiger partial charge in [-0.2, -0.15) is 0 Å². The average molecular weight is 184 g/mol. The van der Waals surface area contributed by atoms with Crippen LogP contribution in [0.2, 0.25) is 0 Å². The smallest absolute Gasteiger partial charge is 0.247 e. The van der Waals surface area contributed by atoms with Crippen molar-refractivity contribution < 1.29 is 5.11 Å². The van der Waals surface area contributed by atoms with E-state index in [1.54, 1.807) is 18.3 Å². The molecule has 74 valence electrons. The normalized spacial score (nSPS) is 8.77. The molecule has 1 aromatic rings. The zero-order valence-corrected chi connectivity index (χ0v) is 7.79. The van der Waals surface area contributed by atoms with E-state index in [1.165, 1.54) is 6.07 Å². The molecule has 3 N–H and O–H groups in total. The molecule has 1 aromatic heterocycles. The first-order chi connectivity index (χ1) is 6.31. The van der Waals surface area contributed by atoms with Crippen molar-refractivity contribution in [1.82, 2.24) is 10.3 Å². The molecule has 0 saturated carbocycles. The number of rotatable bonds is 3. The van der Waals surface area contributed by atoms with Crippen LogP contribution in [0.1, 0.15) is 6.92 Å². The van der Waals surface area contributed by atoms with Crippen molar-refractivity contribution in [3.63, 3.8) is 0 Å². The largest absolute Gasteiger partial charge is 0.395 e. The Hall–Kier alpha value is -1.13. The summed E-state index contributed by atoms with van der Waals surface area (Å²) in [7, 11) is 0. The lowest BCUT2D eigenvalue weighted by Gasteiger charge is -1.91. The average Bonchev–Trinajstić information content (AvgIpc) is 2.17. The predicted octanol–water partition coefficient (Wildman–Crippen LogP) is -0.0369. The Labute approximate surface area is 77.6 Å². The second-order valence-corrected chi connectivity index (χ2v) is 2.30. The van der Waals surface area contributed by atoms with Crippen LogP contribution in [0.15, 0.2) is 29.2 Å². The number of hydrogen-bond acceptors (Lipinski definition) is 3. The van der Waals surface area contributed by atoms with Crippen LogP contribution in [0.4, 0.5) is 0 Å². The van der Waals surface area contributed by atoms with Crippen molar-refractivity contribution >= 4 is 0 Å². The van der Waals surface area contributed by atoms with Crippen LogP contribution in [0.3, 0.4) is 0 Å². The molecular formula is C9H16N2O2. The maximum atomic E-state index is 10.2. The van der Waals surface area contributed by atoms with Gasteiger partial charge in [-0.05, 0) is 12.6 Å². The summed E-state index contributed by atoms with van der Waals surface area (Å²) in [6.07, 6.45) is 1.60. The molecule has 0 aliphatic rings. The molecule has 0 amide bonds. The number of aromatic amines is 1. The molecule has 0 radical (unpaired) electrons. The second kappa shape index (κ2) is 8.96. The molecule has 0 atom stereocenters. The first kappa shape index (κ1) is 11.9. The van der Waals surface area contributed by atoms with E-state index in [0.717, 1.165) is 13.1 Å². The zero-order chi connectivity index (χ0) is 9.94. The van der Waals surface area contributed by atoms with Crippen molar-refractivity contribution in [2.45, 2.75) is 6.92 Å². The van der Waals surface area contributed by atoms with E-state index >= 15 is 0 Å². The molecule has 1 heterocycles. The van der Waals surface area contributed by atoms with Crippen LogP contribution >= 0.6 is 0 Å². The Balaban J connectivity index is 0.000000226. The highest BCUT2D eigenvalue weighted by Gasteiger charge is 1.72. The van der Waals surface area contributed by atoms with Crippen molar-refractivity contribution in [2.24, 2.45) is 0 Å². The van der Waals surface area contributed by atoms with Crippen LogP contribution in [0, 0.1) is 0 Å². The van der Waals surface area contributed by atoms with Gasteiger partial charge >= 0.3 is 0 Å². The van der Waals surface area contributed by atoms with Gasteiger partial charge in [0.05, 0.1) is 6.61 Å². The number of pyridine rings is 1. The van der Waals surface area contributed by atoms with Gasteiger partial charge in [0, 0.05) is 18.8 Å². The first-order valence-corrected chi connectivity index (χ1v) is 4.26. The van der Waals surface area contributed by atoms with E-state index in [9.17, 15) is 4.79 Å². The minimum atomic E-state index is -0.0532. The van der Waals surface area contributed by atoms with Gasteiger partial charge in [0.25, 0.3) is 0 Å². The lowest BCUT2D eigenvalue weighted by atomic mass is 10.5. The molecule has 0 unspecified atom stereocenters. The van der Waals surface area contributed by atoms with Gasteiger partial charge in [-0.25, -0.2) is 0 Å². The minimum Gasteiger partial charge on any atom is -0.395 e. The topological polar surface area (TPSA) is 65.1 Å². The number of hydrogen-bond donors (Lipinski definition) is 3. The number of aromatic nitrogens is 1. The summed E-state index contributed by atoms with van der Waals surface area (Å²) in [5.74, 6) is 0. The fraction of sp³-hybridized carbons (Fsp3) is 0.444. The number of aliphatic hydroxyl groups excluding tert-OH is 1. The van der Waals surface area contributed by atoms with Crippen molar-refractivity contribution in [2.75, 3.05) is 19.7 Å². The molecule has 0 fully saturated rings. The zero-order valence-electron chi connectivity index (χ0n) is 7.79. The molecule has 4 heteroatoms. The van der Waals surface area contributed by atoms with E-state index in [2.05, 4.69) is 10.3 Å². The molecule has 0 bridgehead atoms. The quantitative estimate of drug-likeness (QED) is 0.578. The first-order valence-electron chi connectivity index (χ1n) is 4.26. The van der Waals surface area contributed by atoms with Crippen LogP contribution in [0.5, 0.6) is 0 Å². The minimum absolute atomic E-state index is 0.0532. The Bertz CT molecular complexity index is 226. The van der Waals surface area contributed by atoms with Gasteiger partial charge < -0.3 is 15.4 Å². The van der Waals surface area contributed by atoms with Crippen molar-refractivity contribution in [1.29, 1.82) is 0 Å². The third-order valence-electron chi connectivity index (χ3n) is 1.22. The fourth-order valence-electron chi connectivity index (χ4n) is 0.633. The highest BCUT2D eigenvalue weighted by Crippen LogP contribution is 1.67. The fourth-order valence-corrected chi connectivity index (χ4v) is 0.633. The predicted molar refractivity (Wildman–Crippen MR) is 52.7 cm³/mol. The molecule has 4 nitrogen and oxygen atoms in total. The summed E-state index contributed by atoms with van der Waals surface area (Å²) in [4.78, 5) is 12.7. The van der Waals surface area contributed by atoms with Crippen molar-refractivity contribution in [3.8, 4) is 0 Å². The summed E-state index contributed by atoms with van der Waals surface area (Å²) in [5, 5.41) is 11.1. The lowest BCUT2D eigenvalue weighted by Crippen LogP contribution is -2.16. The van der Waals surface area contributed by atoms with Crippen LogP contribution in [-0.4, -0.2) is 29.8 Å².